The molecule has 0 saturated heterocycles. The highest BCUT2D eigenvalue weighted by molar-refractivity contribution is 6.42. The van der Waals surface area contributed by atoms with Crippen molar-refractivity contribution in [2.24, 2.45) is 0 Å². The van der Waals surface area contributed by atoms with Crippen LogP contribution in [0, 0.1) is 0 Å². The molecule has 1 unspecified atom stereocenters. The van der Waals surface area contributed by atoms with Gasteiger partial charge in [0, 0.05) is 6.42 Å². The van der Waals surface area contributed by atoms with E-state index in [2.05, 4.69) is 0 Å². The number of halogens is 2. The Balaban J connectivity index is 2.57. The number of hydrogen-bond acceptors (Lipinski definition) is 1. The third-order valence-corrected chi connectivity index (χ3v) is 3.62. The summed E-state index contributed by atoms with van der Waals surface area (Å²) in [4.78, 5) is 0. The van der Waals surface area contributed by atoms with Crippen molar-refractivity contribution in [3.05, 3.63) is 58.1 Å². The van der Waals surface area contributed by atoms with E-state index in [9.17, 15) is 5.11 Å². The van der Waals surface area contributed by atoms with E-state index >= 15 is 0 Å². The van der Waals surface area contributed by atoms with Gasteiger partial charge in [0.2, 0.25) is 0 Å². The molecule has 0 fully saturated rings. The van der Waals surface area contributed by atoms with Crippen molar-refractivity contribution in [1.82, 2.24) is 0 Å². The van der Waals surface area contributed by atoms with Crippen LogP contribution in [0.25, 0.3) is 11.1 Å². The summed E-state index contributed by atoms with van der Waals surface area (Å²) in [7, 11) is 0. The van der Waals surface area contributed by atoms with E-state index in [0.29, 0.717) is 16.5 Å². The van der Waals surface area contributed by atoms with Crippen molar-refractivity contribution in [3.8, 4) is 11.1 Å². The fraction of sp³-hybridized carbons (Fsp3) is 0.200. The fourth-order valence-electron chi connectivity index (χ4n) is 1.98. The number of aliphatic hydroxyl groups excluding tert-OH is 1. The van der Waals surface area contributed by atoms with Crippen LogP contribution in [0.2, 0.25) is 10.0 Å². The zero-order valence-corrected chi connectivity index (χ0v) is 11.5. The second kappa shape index (κ2) is 5.75. The van der Waals surface area contributed by atoms with Crippen LogP contribution < -0.4 is 0 Å². The van der Waals surface area contributed by atoms with Crippen LogP contribution >= 0.6 is 23.2 Å². The predicted molar refractivity (Wildman–Crippen MR) is 77.3 cm³/mol. The molecule has 1 N–H and O–H groups in total. The lowest BCUT2D eigenvalue weighted by Gasteiger charge is -2.14. The van der Waals surface area contributed by atoms with Crippen LogP contribution in [0.5, 0.6) is 0 Å². The predicted octanol–water partition coefficient (Wildman–Crippen LogP) is 4.58. The Morgan fingerprint density at radius 2 is 1.72 bits per heavy atom. The number of rotatable bonds is 3. The second-order valence-electron chi connectivity index (χ2n) is 4.31. The minimum atomic E-state index is -0.455. The molecule has 0 bridgehead atoms. The van der Waals surface area contributed by atoms with Gasteiger partial charge in [-0.25, -0.2) is 0 Å². The molecule has 18 heavy (non-hydrogen) atoms. The van der Waals surface area contributed by atoms with Gasteiger partial charge in [-0.3, -0.25) is 0 Å². The third-order valence-electron chi connectivity index (χ3n) is 2.78. The maximum atomic E-state index is 9.59. The Kier molecular flexibility index (Phi) is 4.28. The van der Waals surface area contributed by atoms with Crippen molar-refractivity contribution in [3.63, 3.8) is 0 Å². The van der Waals surface area contributed by atoms with Gasteiger partial charge in [0.05, 0.1) is 16.1 Å². The zero-order valence-electron chi connectivity index (χ0n) is 10.0. The van der Waals surface area contributed by atoms with Crippen molar-refractivity contribution >= 4 is 23.2 Å². The van der Waals surface area contributed by atoms with E-state index in [1.807, 2.05) is 36.4 Å². The first-order valence-corrected chi connectivity index (χ1v) is 6.55. The van der Waals surface area contributed by atoms with Gasteiger partial charge in [0.15, 0.2) is 0 Å². The average molecular weight is 281 g/mol. The first-order chi connectivity index (χ1) is 8.59. The molecular weight excluding hydrogens is 267 g/mol. The summed E-state index contributed by atoms with van der Waals surface area (Å²) in [6, 6.07) is 13.7. The van der Waals surface area contributed by atoms with Gasteiger partial charge < -0.3 is 5.11 Å². The van der Waals surface area contributed by atoms with Crippen molar-refractivity contribution in [2.75, 3.05) is 0 Å². The Labute approximate surface area is 117 Å². The Morgan fingerprint density at radius 3 is 2.33 bits per heavy atom. The van der Waals surface area contributed by atoms with Crippen LogP contribution in [0.15, 0.2) is 42.5 Å². The zero-order chi connectivity index (χ0) is 13.1. The van der Waals surface area contributed by atoms with E-state index < -0.39 is 6.10 Å². The second-order valence-corrected chi connectivity index (χ2v) is 5.09. The first kappa shape index (κ1) is 13.4. The van der Waals surface area contributed by atoms with E-state index in [1.54, 1.807) is 13.0 Å². The summed E-state index contributed by atoms with van der Waals surface area (Å²) < 4.78 is 0. The molecule has 0 saturated carbocycles. The molecular formula is C15H14Cl2O. The minimum absolute atomic E-state index is 0.455. The van der Waals surface area contributed by atoms with Crippen LogP contribution in [-0.2, 0) is 6.42 Å². The smallest absolute Gasteiger partial charge is 0.0631 e. The minimum Gasteiger partial charge on any atom is -0.393 e. The molecule has 0 aliphatic rings. The third kappa shape index (κ3) is 2.86. The van der Waals surface area contributed by atoms with Gasteiger partial charge >= 0.3 is 0 Å². The number of benzene rings is 2. The van der Waals surface area contributed by atoms with Gasteiger partial charge in [-0.05, 0) is 29.7 Å². The van der Waals surface area contributed by atoms with E-state index in [1.165, 1.54) is 0 Å². The summed E-state index contributed by atoms with van der Waals surface area (Å²) >= 11 is 12.3. The molecule has 0 heterocycles. The van der Waals surface area contributed by atoms with Crippen LogP contribution in [0.3, 0.4) is 0 Å². The normalized spacial score (nSPS) is 12.4. The largest absolute Gasteiger partial charge is 0.393 e. The topological polar surface area (TPSA) is 20.2 Å². The average Bonchev–Trinajstić information content (AvgIpc) is 2.36. The summed E-state index contributed by atoms with van der Waals surface area (Å²) in [6.07, 6.45) is 0.0345. The molecule has 0 radical (unpaired) electrons. The summed E-state index contributed by atoms with van der Waals surface area (Å²) in [5.74, 6) is 0. The first-order valence-electron chi connectivity index (χ1n) is 5.80. The molecule has 1 nitrogen and oxygen atoms in total. The molecule has 0 aliphatic carbocycles. The van der Waals surface area contributed by atoms with Gasteiger partial charge in [-0.15, -0.1) is 0 Å². The van der Waals surface area contributed by atoms with E-state index in [0.717, 1.165) is 16.7 Å². The summed E-state index contributed by atoms with van der Waals surface area (Å²) in [5, 5.41) is 10.6. The van der Waals surface area contributed by atoms with Gasteiger partial charge in [-0.1, -0.05) is 59.6 Å². The van der Waals surface area contributed by atoms with E-state index in [-0.39, 0.29) is 0 Å². The Hall–Kier alpha value is -1.02. The monoisotopic (exact) mass is 280 g/mol. The van der Waals surface area contributed by atoms with Gasteiger partial charge in [-0.2, -0.15) is 0 Å². The lowest BCUT2D eigenvalue weighted by Crippen LogP contribution is -2.06. The van der Waals surface area contributed by atoms with Crippen molar-refractivity contribution in [1.29, 1.82) is 0 Å². The molecule has 94 valence electrons. The molecule has 3 heteroatoms. The number of aliphatic hydroxyl groups is 1. The van der Waals surface area contributed by atoms with Crippen LogP contribution in [-0.4, -0.2) is 11.2 Å². The van der Waals surface area contributed by atoms with Crippen LogP contribution in [0.4, 0.5) is 0 Å². The summed E-state index contributed by atoms with van der Waals surface area (Å²) in [6.45, 7) is 1.74. The Bertz CT molecular complexity index is 536. The molecule has 0 aliphatic heterocycles. The van der Waals surface area contributed by atoms with Gasteiger partial charge in [0.1, 0.15) is 0 Å². The highest BCUT2D eigenvalue weighted by atomic mass is 35.5. The standard InChI is InChI=1S/C15H14Cl2O/c1-10(18)9-13-12(7-8-14(16)15(13)17)11-5-3-2-4-6-11/h2-8,10,18H,9H2,1H3. The fourth-order valence-corrected chi connectivity index (χ4v) is 2.39. The van der Waals surface area contributed by atoms with Gasteiger partial charge in [0.25, 0.3) is 0 Å². The lowest BCUT2D eigenvalue weighted by atomic mass is 9.96. The molecule has 0 aromatic heterocycles. The van der Waals surface area contributed by atoms with E-state index in [4.69, 9.17) is 23.2 Å². The molecule has 0 spiro atoms. The van der Waals surface area contributed by atoms with Crippen LogP contribution in [0.1, 0.15) is 12.5 Å². The van der Waals surface area contributed by atoms with Crippen molar-refractivity contribution in [2.45, 2.75) is 19.4 Å². The molecule has 2 aromatic carbocycles. The maximum absolute atomic E-state index is 9.59. The summed E-state index contributed by atoms with van der Waals surface area (Å²) in [5.41, 5.74) is 2.99. The SMILES string of the molecule is CC(O)Cc1c(-c2ccccc2)ccc(Cl)c1Cl. The molecule has 0 amide bonds. The van der Waals surface area contributed by atoms with Crippen molar-refractivity contribution < 1.29 is 5.11 Å². The highest BCUT2D eigenvalue weighted by Crippen LogP contribution is 2.35. The Morgan fingerprint density at radius 1 is 1.06 bits per heavy atom. The lowest BCUT2D eigenvalue weighted by molar-refractivity contribution is 0.195. The maximum Gasteiger partial charge on any atom is 0.0631 e. The quantitative estimate of drug-likeness (QED) is 0.872. The highest BCUT2D eigenvalue weighted by Gasteiger charge is 2.13. The number of hydrogen-bond donors (Lipinski definition) is 1. The molecule has 2 rings (SSSR count). The molecule has 2 aromatic rings. The molecule has 1 atom stereocenters.